The quantitative estimate of drug-likeness (QED) is 0.725. The predicted octanol–water partition coefficient (Wildman–Crippen LogP) is 0.353. The van der Waals surface area contributed by atoms with Crippen LogP contribution < -0.4 is 15.8 Å². The third kappa shape index (κ3) is 3.28. The van der Waals surface area contributed by atoms with E-state index in [1.807, 2.05) is 0 Å². The third-order valence-electron chi connectivity index (χ3n) is 3.95. The molecule has 4 N–H and O–H groups in total. The SMILES string of the molecule is CNS(=O)(=O)c1cc(C(=O)NC2CCCC2CN)c(C)o1. The summed E-state index contributed by atoms with van der Waals surface area (Å²) in [6.07, 6.45) is 2.94. The van der Waals surface area contributed by atoms with Gasteiger partial charge in [0.05, 0.1) is 5.56 Å². The van der Waals surface area contributed by atoms with E-state index < -0.39 is 10.0 Å². The van der Waals surface area contributed by atoms with Crippen LogP contribution >= 0.6 is 0 Å². The molecule has 7 nitrogen and oxygen atoms in total. The molecular formula is C13H21N3O4S. The van der Waals surface area contributed by atoms with Crippen LogP contribution in [0.25, 0.3) is 0 Å². The molecule has 21 heavy (non-hydrogen) atoms. The van der Waals surface area contributed by atoms with Gasteiger partial charge in [-0.3, -0.25) is 4.79 Å². The van der Waals surface area contributed by atoms with Crippen LogP contribution in [0.3, 0.4) is 0 Å². The topological polar surface area (TPSA) is 114 Å². The Kier molecular flexibility index (Phi) is 4.70. The maximum atomic E-state index is 12.3. The number of furan rings is 1. The Labute approximate surface area is 124 Å². The van der Waals surface area contributed by atoms with Crippen LogP contribution in [0.1, 0.15) is 35.4 Å². The molecule has 0 aromatic carbocycles. The van der Waals surface area contributed by atoms with Crippen molar-refractivity contribution in [3.05, 3.63) is 17.4 Å². The number of hydrogen-bond donors (Lipinski definition) is 3. The lowest BCUT2D eigenvalue weighted by molar-refractivity contribution is 0.0927. The van der Waals surface area contributed by atoms with Crippen molar-refractivity contribution in [2.24, 2.45) is 11.7 Å². The van der Waals surface area contributed by atoms with Crippen molar-refractivity contribution in [2.75, 3.05) is 13.6 Å². The fourth-order valence-electron chi connectivity index (χ4n) is 2.67. The van der Waals surface area contributed by atoms with Gasteiger partial charge in [0.15, 0.2) is 0 Å². The molecule has 0 spiro atoms. The molecule has 0 bridgehead atoms. The average Bonchev–Trinajstić information content (AvgIpc) is 3.05. The molecule has 1 fully saturated rings. The van der Waals surface area contributed by atoms with Gasteiger partial charge in [0.25, 0.3) is 15.9 Å². The third-order valence-corrected chi connectivity index (χ3v) is 5.22. The molecule has 118 valence electrons. The van der Waals surface area contributed by atoms with Crippen molar-refractivity contribution in [1.82, 2.24) is 10.0 Å². The minimum absolute atomic E-state index is 0.0427. The molecule has 8 heteroatoms. The second kappa shape index (κ2) is 6.17. The van der Waals surface area contributed by atoms with Gasteiger partial charge in [-0.1, -0.05) is 6.42 Å². The van der Waals surface area contributed by atoms with Crippen molar-refractivity contribution in [1.29, 1.82) is 0 Å². The highest BCUT2D eigenvalue weighted by molar-refractivity contribution is 7.89. The maximum absolute atomic E-state index is 12.3. The zero-order valence-electron chi connectivity index (χ0n) is 12.2. The fraction of sp³-hybridized carbons (Fsp3) is 0.615. The van der Waals surface area contributed by atoms with E-state index in [0.29, 0.717) is 6.54 Å². The second-order valence-electron chi connectivity index (χ2n) is 5.25. The smallest absolute Gasteiger partial charge is 0.273 e. The van der Waals surface area contributed by atoms with Gasteiger partial charge in [0, 0.05) is 12.1 Å². The number of nitrogens with two attached hydrogens (primary N) is 1. The molecule has 0 radical (unpaired) electrons. The highest BCUT2D eigenvalue weighted by atomic mass is 32.2. The van der Waals surface area contributed by atoms with E-state index in [-0.39, 0.29) is 34.3 Å². The summed E-state index contributed by atoms with van der Waals surface area (Å²) in [5.41, 5.74) is 5.93. The molecule has 1 aromatic heterocycles. The number of carbonyl (C=O) groups is 1. The lowest BCUT2D eigenvalue weighted by Gasteiger charge is -2.19. The summed E-state index contributed by atoms with van der Waals surface area (Å²) in [7, 11) is -2.40. The van der Waals surface area contributed by atoms with E-state index >= 15 is 0 Å². The van der Waals surface area contributed by atoms with Gasteiger partial charge in [-0.25, -0.2) is 13.1 Å². The summed E-state index contributed by atoms with van der Waals surface area (Å²) in [5, 5.41) is 2.67. The molecule has 1 aromatic rings. The van der Waals surface area contributed by atoms with Crippen LogP contribution in [0.5, 0.6) is 0 Å². The zero-order valence-corrected chi connectivity index (χ0v) is 13.0. The van der Waals surface area contributed by atoms with E-state index in [1.165, 1.54) is 13.1 Å². The van der Waals surface area contributed by atoms with Gasteiger partial charge in [-0.15, -0.1) is 0 Å². The number of nitrogens with one attached hydrogen (secondary N) is 2. The summed E-state index contributed by atoms with van der Waals surface area (Å²) < 4.78 is 30.7. The van der Waals surface area contributed by atoms with Crippen LogP contribution in [0.15, 0.2) is 15.6 Å². The molecule has 1 amide bonds. The van der Waals surface area contributed by atoms with Gasteiger partial charge < -0.3 is 15.5 Å². The Morgan fingerprint density at radius 1 is 1.48 bits per heavy atom. The Hall–Kier alpha value is -1.38. The van der Waals surface area contributed by atoms with E-state index in [1.54, 1.807) is 6.92 Å². The van der Waals surface area contributed by atoms with Crippen molar-refractivity contribution in [3.63, 3.8) is 0 Å². The lowest BCUT2D eigenvalue weighted by atomic mass is 10.0. The number of rotatable bonds is 5. The summed E-state index contributed by atoms with van der Waals surface area (Å²) in [6.45, 7) is 2.10. The Bertz CT molecular complexity index is 623. The molecule has 2 atom stereocenters. The molecular weight excluding hydrogens is 294 g/mol. The van der Waals surface area contributed by atoms with Gasteiger partial charge in [0.2, 0.25) is 5.09 Å². The number of carbonyl (C=O) groups excluding carboxylic acids is 1. The summed E-state index contributed by atoms with van der Waals surface area (Å²) in [4.78, 5) is 12.3. The number of hydrogen-bond acceptors (Lipinski definition) is 5. The van der Waals surface area contributed by atoms with Crippen molar-refractivity contribution in [2.45, 2.75) is 37.3 Å². The van der Waals surface area contributed by atoms with Crippen LogP contribution in [0.4, 0.5) is 0 Å². The first kappa shape index (κ1) is 16.0. The highest BCUT2D eigenvalue weighted by Crippen LogP contribution is 2.26. The number of sulfonamides is 1. The predicted molar refractivity (Wildman–Crippen MR) is 77.3 cm³/mol. The van der Waals surface area contributed by atoms with Crippen LogP contribution in [0.2, 0.25) is 0 Å². The Morgan fingerprint density at radius 2 is 2.19 bits per heavy atom. The van der Waals surface area contributed by atoms with Crippen LogP contribution in [-0.4, -0.2) is 34.0 Å². The fourth-order valence-corrected chi connectivity index (χ4v) is 3.38. The van der Waals surface area contributed by atoms with E-state index in [9.17, 15) is 13.2 Å². The van der Waals surface area contributed by atoms with E-state index in [2.05, 4.69) is 10.0 Å². The van der Waals surface area contributed by atoms with E-state index in [4.69, 9.17) is 10.2 Å². The maximum Gasteiger partial charge on any atom is 0.273 e. The molecule has 2 unspecified atom stereocenters. The standard InChI is InChI=1S/C13H21N3O4S/c1-8-10(6-12(20-8)21(18,19)15-2)13(17)16-11-5-3-4-9(11)7-14/h6,9,11,15H,3-5,7,14H2,1-2H3,(H,16,17). The molecule has 1 aliphatic carbocycles. The first-order chi connectivity index (χ1) is 9.89. The zero-order chi connectivity index (χ0) is 15.6. The van der Waals surface area contributed by atoms with Gasteiger partial charge in [0.1, 0.15) is 5.76 Å². The van der Waals surface area contributed by atoms with Crippen molar-refractivity contribution >= 4 is 15.9 Å². The number of aryl methyl sites for hydroxylation is 1. The van der Waals surface area contributed by atoms with Crippen molar-refractivity contribution in [3.8, 4) is 0 Å². The molecule has 1 aliphatic rings. The monoisotopic (exact) mass is 315 g/mol. The highest BCUT2D eigenvalue weighted by Gasteiger charge is 2.29. The van der Waals surface area contributed by atoms with Crippen LogP contribution in [0, 0.1) is 12.8 Å². The Morgan fingerprint density at radius 3 is 2.81 bits per heavy atom. The van der Waals surface area contributed by atoms with Gasteiger partial charge in [-0.05, 0) is 39.3 Å². The summed E-state index contributed by atoms with van der Waals surface area (Å²) in [5.74, 6) is 0.240. The molecule has 0 aliphatic heterocycles. The largest absolute Gasteiger partial charge is 0.448 e. The van der Waals surface area contributed by atoms with Crippen LogP contribution in [-0.2, 0) is 10.0 Å². The normalized spacial score (nSPS) is 22.4. The summed E-state index contributed by atoms with van der Waals surface area (Å²) >= 11 is 0. The summed E-state index contributed by atoms with van der Waals surface area (Å²) in [6, 6.07) is 1.30. The second-order valence-corrected chi connectivity index (χ2v) is 7.07. The minimum atomic E-state index is -3.69. The average molecular weight is 315 g/mol. The minimum Gasteiger partial charge on any atom is -0.448 e. The number of amides is 1. The van der Waals surface area contributed by atoms with E-state index in [0.717, 1.165) is 19.3 Å². The van der Waals surface area contributed by atoms with Gasteiger partial charge in [-0.2, -0.15) is 0 Å². The first-order valence-electron chi connectivity index (χ1n) is 6.94. The molecule has 0 saturated heterocycles. The lowest BCUT2D eigenvalue weighted by Crippen LogP contribution is -2.39. The Balaban J connectivity index is 2.17. The molecule has 1 saturated carbocycles. The van der Waals surface area contributed by atoms with Gasteiger partial charge >= 0.3 is 0 Å². The van der Waals surface area contributed by atoms with Crippen molar-refractivity contribution < 1.29 is 17.6 Å². The first-order valence-corrected chi connectivity index (χ1v) is 8.42. The molecule has 1 heterocycles. The molecule has 2 rings (SSSR count).